The van der Waals surface area contributed by atoms with Gasteiger partial charge in [0, 0.05) is 0 Å². The third-order valence-corrected chi connectivity index (χ3v) is 2.29. The summed E-state index contributed by atoms with van der Waals surface area (Å²) in [7, 11) is 0. The quantitative estimate of drug-likeness (QED) is 0.435. The van der Waals surface area contributed by atoms with Gasteiger partial charge in [-0.25, -0.2) is 14.9 Å². The van der Waals surface area contributed by atoms with Gasteiger partial charge in [0.25, 0.3) is 0 Å². The van der Waals surface area contributed by atoms with Crippen molar-refractivity contribution in [1.82, 2.24) is 5.17 Å². The number of hydroxylamine groups is 1. The number of hydrogen-bond acceptors (Lipinski definition) is 5. The second-order valence-corrected chi connectivity index (χ2v) is 3.80. The molecule has 0 bridgehead atoms. The molecule has 1 rings (SSSR count). The highest BCUT2D eigenvalue weighted by molar-refractivity contribution is 5.64. The van der Waals surface area contributed by atoms with Crippen molar-refractivity contribution in [2.24, 2.45) is 0 Å². The van der Waals surface area contributed by atoms with Crippen LogP contribution < -0.4 is 0 Å². The molecule has 7 heteroatoms. The molecule has 0 radical (unpaired) electrons. The third-order valence-electron chi connectivity index (χ3n) is 2.29. The number of nitrogens with zero attached hydrogens (tertiary/aromatic N) is 2. The zero-order chi connectivity index (χ0) is 15.0. The molecule has 0 heterocycles. The summed E-state index contributed by atoms with van der Waals surface area (Å²) in [5.74, 6) is 0. The topological polar surface area (TPSA) is 81.9 Å². The van der Waals surface area contributed by atoms with Crippen molar-refractivity contribution in [3.05, 3.63) is 58.7 Å². The molecular formula is C13H16N2O5. The molecule has 1 aromatic carbocycles. The molecule has 1 atom stereocenters. The lowest BCUT2D eigenvalue weighted by atomic mass is 10.1. The van der Waals surface area contributed by atoms with Gasteiger partial charge in [-0.2, -0.15) is 4.84 Å². The van der Waals surface area contributed by atoms with E-state index in [1.807, 2.05) is 0 Å². The molecule has 1 amide bonds. The van der Waals surface area contributed by atoms with Crippen LogP contribution in [0, 0.1) is 10.1 Å². The summed E-state index contributed by atoms with van der Waals surface area (Å²) in [5.41, 5.74) is 0.637. The van der Waals surface area contributed by atoms with Gasteiger partial charge in [0.15, 0.2) is 5.03 Å². The van der Waals surface area contributed by atoms with Gasteiger partial charge in [-0.05, 0) is 12.0 Å². The Morgan fingerprint density at radius 2 is 2.15 bits per heavy atom. The first-order valence-electron chi connectivity index (χ1n) is 6.05. The molecule has 0 aromatic heterocycles. The first-order chi connectivity index (χ1) is 9.60. The molecule has 20 heavy (non-hydrogen) atoms. The Morgan fingerprint density at radius 3 is 2.65 bits per heavy atom. The van der Waals surface area contributed by atoms with Crippen molar-refractivity contribution in [3.63, 3.8) is 0 Å². The lowest BCUT2D eigenvalue weighted by Crippen LogP contribution is -2.37. The summed E-state index contributed by atoms with van der Waals surface area (Å²) in [6.45, 7) is 5.40. The Balaban J connectivity index is 2.80. The van der Waals surface area contributed by atoms with Crippen LogP contribution in [0.4, 0.5) is 4.79 Å². The van der Waals surface area contributed by atoms with Gasteiger partial charge >= 0.3 is 6.09 Å². The molecular weight excluding hydrogens is 264 g/mol. The number of carbonyl (C=O) groups is 1. The number of nitro groups is 1. The second kappa shape index (κ2) is 7.90. The smallest absolute Gasteiger partial charge is 0.444 e. The molecule has 0 saturated carbocycles. The number of carbonyl (C=O) groups excluding carboxylic acids is 1. The third kappa shape index (κ3) is 4.36. The Bertz CT molecular complexity index is 463. The molecule has 1 unspecified atom stereocenters. The number of benzene rings is 1. The minimum absolute atomic E-state index is 0.0188. The van der Waals surface area contributed by atoms with Crippen LogP contribution in [0.1, 0.15) is 25.0 Å². The van der Waals surface area contributed by atoms with Gasteiger partial charge in [-0.15, -0.1) is 6.58 Å². The highest BCUT2D eigenvalue weighted by Crippen LogP contribution is 2.20. The van der Waals surface area contributed by atoms with Crippen molar-refractivity contribution in [1.29, 1.82) is 0 Å². The van der Waals surface area contributed by atoms with Crippen molar-refractivity contribution in [3.8, 4) is 0 Å². The van der Waals surface area contributed by atoms with E-state index in [1.54, 1.807) is 37.3 Å². The summed E-state index contributed by atoms with van der Waals surface area (Å²) in [6, 6.07) is 8.72. The highest BCUT2D eigenvalue weighted by Gasteiger charge is 2.31. The number of amides is 1. The van der Waals surface area contributed by atoms with Gasteiger partial charge in [0.05, 0.1) is 6.61 Å². The lowest BCUT2D eigenvalue weighted by molar-refractivity contribution is -0.715. The largest absolute Gasteiger partial charge is 0.497 e. The van der Waals surface area contributed by atoms with E-state index in [1.165, 1.54) is 6.08 Å². The van der Waals surface area contributed by atoms with E-state index in [9.17, 15) is 14.9 Å². The van der Waals surface area contributed by atoms with E-state index >= 15 is 0 Å². The predicted octanol–water partition coefficient (Wildman–Crippen LogP) is 2.89. The van der Waals surface area contributed by atoms with E-state index in [4.69, 9.17) is 4.84 Å². The van der Waals surface area contributed by atoms with Gasteiger partial charge in [-0.1, -0.05) is 43.3 Å². The highest BCUT2D eigenvalue weighted by atomic mass is 16.9. The zero-order valence-corrected chi connectivity index (χ0v) is 11.1. The maximum Gasteiger partial charge on any atom is 0.497 e. The maximum atomic E-state index is 11.5. The normalized spacial score (nSPS) is 11.4. The van der Waals surface area contributed by atoms with Crippen LogP contribution in [0.25, 0.3) is 0 Å². The number of rotatable bonds is 7. The summed E-state index contributed by atoms with van der Waals surface area (Å²) >= 11 is 0. The van der Waals surface area contributed by atoms with E-state index in [2.05, 4.69) is 11.3 Å². The fourth-order valence-corrected chi connectivity index (χ4v) is 1.38. The van der Waals surface area contributed by atoms with E-state index in [0.717, 1.165) is 0 Å². The Labute approximate surface area is 116 Å². The van der Waals surface area contributed by atoms with Gasteiger partial charge in [0.2, 0.25) is 0 Å². The Hall–Kier alpha value is -2.41. The molecule has 0 fully saturated rings. The molecule has 0 N–H and O–H groups in total. The maximum absolute atomic E-state index is 11.5. The minimum Gasteiger partial charge on any atom is -0.444 e. The van der Waals surface area contributed by atoms with Crippen molar-refractivity contribution >= 4 is 6.09 Å². The summed E-state index contributed by atoms with van der Waals surface area (Å²) in [4.78, 5) is 27.4. The van der Waals surface area contributed by atoms with Gasteiger partial charge in [-0.3, -0.25) is 0 Å². The fourth-order valence-electron chi connectivity index (χ4n) is 1.38. The van der Waals surface area contributed by atoms with Crippen molar-refractivity contribution in [2.45, 2.75) is 19.4 Å². The number of ether oxygens (including phenoxy) is 1. The molecule has 0 aliphatic carbocycles. The van der Waals surface area contributed by atoms with Crippen LogP contribution >= 0.6 is 0 Å². The van der Waals surface area contributed by atoms with Crippen molar-refractivity contribution < 1.29 is 19.4 Å². The molecule has 108 valence electrons. The number of hydrogen-bond donors (Lipinski definition) is 0. The SMILES string of the molecule is C=CC(ON(C(=O)OCCC)[N+](=O)[O-])c1ccccc1. The Kier molecular flexibility index (Phi) is 6.18. The molecule has 0 aliphatic rings. The first-order valence-corrected chi connectivity index (χ1v) is 6.05. The standard InChI is InChI=1S/C13H16N2O5/c1-3-10-19-13(16)14(15(17)18)20-12(4-2)11-8-6-5-7-9-11/h4-9,12H,2-3,10H2,1H3. The molecule has 0 spiro atoms. The molecule has 0 saturated heterocycles. The summed E-state index contributed by atoms with van der Waals surface area (Å²) in [6.07, 6.45) is -0.0739. The van der Waals surface area contributed by atoms with Crippen LogP contribution in [0.3, 0.4) is 0 Å². The average molecular weight is 280 g/mol. The van der Waals surface area contributed by atoms with E-state index in [0.29, 0.717) is 12.0 Å². The first kappa shape index (κ1) is 15.6. The second-order valence-electron chi connectivity index (χ2n) is 3.80. The zero-order valence-electron chi connectivity index (χ0n) is 11.1. The van der Waals surface area contributed by atoms with Crippen LogP contribution in [-0.4, -0.2) is 22.9 Å². The Morgan fingerprint density at radius 1 is 1.50 bits per heavy atom. The van der Waals surface area contributed by atoms with Crippen LogP contribution in [0.15, 0.2) is 43.0 Å². The fraction of sp³-hybridized carbons (Fsp3) is 0.308. The van der Waals surface area contributed by atoms with Crippen LogP contribution in [0.2, 0.25) is 0 Å². The van der Waals surface area contributed by atoms with Crippen LogP contribution in [0.5, 0.6) is 0 Å². The predicted molar refractivity (Wildman–Crippen MR) is 70.9 cm³/mol. The summed E-state index contributed by atoms with van der Waals surface area (Å²) in [5, 5.41) is 9.86. The minimum atomic E-state index is -1.17. The van der Waals surface area contributed by atoms with Gasteiger partial charge in [0.1, 0.15) is 11.3 Å². The summed E-state index contributed by atoms with van der Waals surface area (Å²) < 4.78 is 4.68. The molecule has 0 aliphatic heterocycles. The number of hydrazine groups is 1. The monoisotopic (exact) mass is 280 g/mol. The van der Waals surface area contributed by atoms with E-state index in [-0.39, 0.29) is 11.8 Å². The lowest BCUT2D eigenvalue weighted by Gasteiger charge is -2.17. The van der Waals surface area contributed by atoms with Crippen LogP contribution in [-0.2, 0) is 9.57 Å². The molecule has 1 aromatic rings. The molecule has 7 nitrogen and oxygen atoms in total. The average Bonchev–Trinajstić information content (AvgIpc) is 2.46. The van der Waals surface area contributed by atoms with E-state index < -0.39 is 17.2 Å². The van der Waals surface area contributed by atoms with Gasteiger partial charge < -0.3 is 4.74 Å². The van der Waals surface area contributed by atoms with Crippen molar-refractivity contribution in [2.75, 3.05) is 6.61 Å².